The summed E-state index contributed by atoms with van der Waals surface area (Å²) in [4.78, 5) is 10.9. The number of aryl methyl sites for hydroxylation is 1. The van der Waals surface area contributed by atoms with Crippen LogP contribution in [-0.2, 0) is 0 Å². The maximum Gasteiger partial charge on any atom is 0.141 e. The van der Waals surface area contributed by atoms with Crippen molar-refractivity contribution in [2.24, 2.45) is 0 Å². The Bertz CT molecular complexity index is 549. The minimum Gasteiger partial charge on any atom is -0.373 e. The fourth-order valence-electron chi connectivity index (χ4n) is 2.14. The van der Waals surface area contributed by atoms with E-state index in [4.69, 9.17) is 0 Å². The predicted molar refractivity (Wildman–Crippen MR) is 80.2 cm³/mol. The number of hydrogen-bond donors (Lipinski definition) is 1. The van der Waals surface area contributed by atoms with Gasteiger partial charge in [-0.3, -0.25) is 0 Å². The van der Waals surface area contributed by atoms with Crippen molar-refractivity contribution in [3.05, 3.63) is 41.7 Å². The van der Waals surface area contributed by atoms with Gasteiger partial charge >= 0.3 is 0 Å². The van der Waals surface area contributed by atoms with E-state index < -0.39 is 0 Å². The Hall–Kier alpha value is -2.10. The Labute approximate surface area is 114 Å². The van der Waals surface area contributed by atoms with Crippen molar-refractivity contribution in [2.75, 3.05) is 23.8 Å². The summed E-state index contributed by atoms with van der Waals surface area (Å²) in [5.41, 5.74) is 3.47. The van der Waals surface area contributed by atoms with Crippen molar-refractivity contribution >= 4 is 17.3 Å². The molecule has 1 aromatic heterocycles. The van der Waals surface area contributed by atoms with Gasteiger partial charge in [-0.1, -0.05) is 17.7 Å². The van der Waals surface area contributed by atoms with Crippen LogP contribution in [0.25, 0.3) is 0 Å². The second kappa shape index (κ2) is 5.69. The molecule has 1 N–H and O–H groups in total. The Morgan fingerprint density at radius 2 is 1.79 bits per heavy atom. The molecule has 19 heavy (non-hydrogen) atoms. The summed E-state index contributed by atoms with van der Waals surface area (Å²) in [6, 6.07) is 8.49. The third kappa shape index (κ3) is 2.67. The first-order valence-corrected chi connectivity index (χ1v) is 6.51. The molecule has 1 heterocycles. The van der Waals surface area contributed by atoms with E-state index in [-0.39, 0.29) is 0 Å². The lowest BCUT2D eigenvalue weighted by Crippen LogP contribution is -2.19. The zero-order chi connectivity index (χ0) is 13.8. The first-order valence-electron chi connectivity index (χ1n) is 6.51. The van der Waals surface area contributed by atoms with Gasteiger partial charge in [0.1, 0.15) is 18.0 Å². The maximum absolute atomic E-state index is 4.43. The van der Waals surface area contributed by atoms with Crippen molar-refractivity contribution in [1.82, 2.24) is 9.97 Å². The number of aromatic nitrogens is 2. The first kappa shape index (κ1) is 13.3. The molecule has 0 amide bonds. The van der Waals surface area contributed by atoms with E-state index in [9.17, 15) is 0 Å². The summed E-state index contributed by atoms with van der Waals surface area (Å²) in [7, 11) is 1.88. The lowest BCUT2D eigenvalue weighted by atomic mass is 10.2. The predicted octanol–water partition coefficient (Wildman–Crippen LogP) is 3.29. The summed E-state index contributed by atoms with van der Waals surface area (Å²) in [5.74, 6) is 1.82. The monoisotopic (exact) mass is 256 g/mol. The van der Waals surface area contributed by atoms with Gasteiger partial charge in [0.15, 0.2) is 0 Å². The fourth-order valence-corrected chi connectivity index (χ4v) is 2.14. The quantitative estimate of drug-likeness (QED) is 0.911. The van der Waals surface area contributed by atoms with E-state index in [1.54, 1.807) is 6.33 Å². The van der Waals surface area contributed by atoms with E-state index in [1.165, 1.54) is 5.56 Å². The van der Waals surface area contributed by atoms with Crippen molar-refractivity contribution in [3.8, 4) is 0 Å². The molecule has 0 atom stereocenters. The van der Waals surface area contributed by atoms with Crippen molar-refractivity contribution in [3.63, 3.8) is 0 Å². The third-order valence-electron chi connectivity index (χ3n) is 3.21. The van der Waals surface area contributed by atoms with Gasteiger partial charge in [0.25, 0.3) is 0 Å². The number of rotatable bonds is 4. The van der Waals surface area contributed by atoms with Gasteiger partial charge in [-0.05, 0) is 32.9 Å². The Balaban J connectivity index is 2.45. The molecular formula is C15H20N4. The number of nitrogens with one attached hydrogen (secondary N) is 1. The van der Waals surface area contributed by atoms with Crippen LogP contribution < -0.4 is 10.2 Å². The van der Waals surface area contributed by atoms with Gasteiger partial charge in [-0.15, -0.1) is 0 Å². The second-order valence-corrected chi connectivity index (χ2v) is 4.50. The first-order chi connectivity index (χ1) is 9.17. The van der Waals surface area contributed by atoms with Crippen LogP contribution in [0.2, 0.25) is 0 Å². The molecule has 0 radical (unpaired) electrons. The van der Waals surface area contributed by atoms with Gasteiger partial charge in [0, 0.05) is 24.8 Å². The zero-order valence-electron chi connectivity index (χ0n) is 11.9. The molecule has 4 nitrogen and oxygen atoms in total. The van der Waals surface area contributed by atoms with E-state index in [1.807, 2.05) is 14.0 Å². The van der Waals surface area contributed by atoms with Gasteiger partial charge in [-0.25, -0.2) is 9.97 Å². The smallest absolute Gasteiger partial charge is 0.141 e. The molecule has 0 aliphatic rings. The average Bonchev–Trinajstić information content (AvgIpc) is 2.43. The molecule has 0 fully saturated rings. The van der Waals surface area contributed by atoms with Crippen LogP contribution in [0.15, 0.2) is 30.6 Å². The second-order valence-electron chi connectivity index (χ2n) is 4.50. The number of anilines is 3. The van der Waals surface area contributed by atoms with Gasteiger partial charge in [-0.2, -0.15) is 0 Å². The maximum atomic E-state index is 4.43. The molecule has 0 spiro atoms. The van der Waals surface area contributed by atoms with E-state index in [0.29, 0.717) is 0 Å². The number of benzene rings is 1. The van der Waals surface area contributed by atoms with E-state index in [0.717, 1.165) is 29.4 Å². The van der Waals surface area contributed by atoms with Crippen molar-refractivity contribution in [1.29, 1.82) is 0 Å². The van der Waals surface area contributed by atoms with Crippen LogP contribution in [-0.4, -0.2) is 23.6 Å². The topological polar surface area (TPSA) is 41.1 Å². The molecule has 100 valence electrons. The van der Waals surface area contributed by atoms with Crippen LogP contribution >= 0.6 is 0 Å². The highest BCUT2D eigenvalue weighted by molar-refractivity contribution is 5.66. The van der Waals surface area contributed by atoms with E-state index >= 15 is 0 Å². The molecule has 0 saturated heterocycles. The minimum absolute atomic E-state index is 0.865. The van der Waals surface area contributed by atoms with Gasteiger partial charge < -0.3 is 10.2 Å². The summed E-state index contributed by atoms with van der Waals surface area (Å²) >= 11 is 0. The van der Waals surface area contributed by atoms with Gasteiger partial charge in [0.05, 0.1) is 0 Å². The van der Waals surface area contributed by atoms with Crippen molar-refractivity contribution < 1.29 is 0 Å². The SMILES string of the molecule is CCN(c1ccc(C)cc1)c1ncnc(NC)c1C. The molecular weight excluding hydrogens is 236 g/mol. The highest BCUT2D eigenvalue weighted by Gasteiger charge is 2.13. The van der Waals surface area contributed by atoms with Crippen LogP contribution in [0.3, 0.4) is 0 Å². The molecule has 0 saturated carbocycles. The zero-order valence-corrected chi connectivity index (χ0v) is 11.9. The molecule has 2 aromatic rings. The lowest BCUT2D eigenvalue weighted by molar-refractivity contribution is 0.962. The summed E-state index contributed by atoms with van der Waals surface area (Å²) in [6.45, 7) is 7.12. The summed E-state index contributed by atoms with van der Waals surface area (Å²) < 4.78 is 0. The lowest BCUT2D eigenvalue weighted by Gasteiger charge is -2.24. The molecule has 4 heteroatoms. The molecule has 0 unspecified atom stereocenters. The number of hydrogen-bond acceptors (Lipinski definition) is 4. The molecule has 1 aromatic carbocycles. The van der Waals surface area contributed by atoms with Crippen LogP contribution in [0.1, 0.15) is 18.1 Å². The molecule has 0 bridgehead atoms. The molecule has 0 aliphatic heterocycles. The van der Waals surface area contributed by atoms with Crippen LogP contribution in [0.4, 0.5) is 17.3 Å². The highest BCUT2D eigenvalue weighted by Crippen LogP contribution is 2.28. The standard InChI is InChI=1S/C15H20N4/c1-5-19(13-8-6-11(2)7-9-13)15-12(3)14(16-4)17-10-18-15/h6-10H,5H2,1-4H3,(H,16,17,18). The Morgan fingerprint density at radius 3 is 2.37 bits per heavy atom. The van der Waals surface area contributed by atoms with E-state index in [2.05, 4.69) is 58.3 Å². The van der Waals surface area contributed by atoms with Crippen LogP contribution in [0.5, 0.6) is 0 Å². The van der Waals surface area contributed by atoms with Gasteiger partial charge in [0.2, 0.25) is 0 Å². The van der Waals surface area contributed by atoms with Crippen LogP contribution in [0, 0.1) is 13.8 Å². The van der Waals surface area contributed by atoms with Crippen molar-refractivity contribution in [2.45, 2.75) is 20.8 Å². The minimum atomic E-state index is 0.865. The normalized spacial score (nSPS) is 10.3. The third-order valence-corrected chi connectivity index (χ3v) is 3.21. The summed E-state index contributed by atoms with van der Waals surface area (Å²) in [6.07, 6.45) is 1.60. The molecule has 0 aliphatic carbocycles. The summed E-state index contributed by atoms with van der Waals surface area (Å²) in [5, 5.41) is 3.10. The largest absolute Gasteiger partial charge is 0.373 e. The highest BCUT2D eigenvalue weighted by atomic mass is 15.2. The average molecular weight is 256 g/mol. The number of nitrogens with zero attached hydrogens (tertiary/aromatic N) is 3. The Morgan fingerprint density at radius 1 is 1.11 bits per heavy atom. The molecule has 2 rings (SSSR count). The fraction of sp³-hybridized carbons (Fsp3) is 0.333. The Kier molecular flexibility index (Phi) is 4.00.